The molecule has 4 amide bonds. The number of nitrogens with one attached hydrogen (secondary N) is 2. The number of pyridine rings is 2. The molecule has 2 aromatic carbocycles. The van der Waals surface area contributed by atoms with Crippen LogP contribution >= 0.6 is 0 Å². The Morgan fingerprint density at radius 1 is 0.931 bits per heavy atom. The van der Waals surface area contributed by atoms with Crippen molar-refractivity contribution in [1.82, 2.24) is 29.6 Å². The lowest BCUT2D eigenvalue weighted by Crippen LogP contribution is -2.55. The van der Waals surface area contributed by atoms with Crippen LogP contribution in [0.5, 0.6) is 0 Å². The van der Waals surface area contributed by atoms with Crippen molar-refractivity contribution >= 4 is 46.7 Å². The molecule has 5 aliphatic heterocycles. The zero-order valence-electron chi connectivity index (χ0n) is 42.9. The van der Waals surface area contributed by atoms with E-state index in [0.29, 0.717) is 61.5 Å². The highest BCUT2D eigenvalue weighted by molar-refractivity contribution is 6.13. The maximum Gasteiger partial charge on any atom is 0.257 e. The van der Waals surface area contributed by atoms with Gasteiger partial charge in [-0.2, -0.15) is 0 Å². The number of aromatic nitrogens is 2. The van der Waals surface area contributed by atoms with Crippen LogP contribution in [0.25, 0.3) is 17.3 Å². The van der Waals surface area contributed by atoms with E-state index in [1.165, 1.54) is 17.2 Å². The quantitative estimate of drug-likeness (QED) is 0.143. The molecule has 3 unspecified atom stereocenters. The standard InChI is InChI=1S/C58H69FN8O5/c1-34-26-42(30-47(59)53(34)41-16-23-63(24-17-41)37(4)44-32-45-48(12-19-61-54(45)36(44)3)66-25-18-43(60-7)31-52(66)69)56(71)64-20-13-38(14-21-64)33-65-22-15-40(27-35(65)2)28-39-8-9-49-46(29-39)58(5,6)57(72)67(49)50-10-11-51(68)62-55(50)70/h8-9,12,16,18-19,25-26,29-32,35-38,40,50,60H,10-11,13-15,17,20-24,27-28,33H2,1-7H3,(H,62,68,70)/t35-,36?,37-,40?,50?/m0/s1. The Balaban J connectivity index is 0.710. The molecule has 5 atom stereocenters. The van der Waals surface area contributed by atoms with Gasteiger partial charge in [-0.25, -0.2) is 4.39 Å². The smallest absolute Gasteiger partial charge is 0.257 e. The SMILES string of the molecule is CNc1ccn(-c2ccnc3c2C=C([C@H](C)N2CC=C(c4c(C)cc(C(=O)N5CCC(CN6CCC(Cc7ccc8c(c7)C(C)(C)C(=O)N8C7CCC(=O)NC7=O)C[C@@H]6C)CC5)cc4F)CC2)C3C)c(=O)c1. The Hall–Kier alpha value is -6.25. The molecular formula is C58H69FN8O5. The number of anilines is 2. The monoisotopic (exact) mass is 977 g/mol. The van der Waals surface area contributed by atoms with Gasteiger partial charge in [-0.1, -0.05) is 25.1 Å². The number of aryl methyl sites for hydroxylation is 1. The zero-order chi connectivity index (χ0) is 50.7. The van der Waals surface area contributed by atoms with Crippen molar-refractivity contribution in [3.8, 4) is 5.69 Å². The van der Waals surface area contributed by atoms with Crippen LogP contribution in [0.2, 0.25) is 0 Å². The molecule has 378 valence electrons. The van der Waals surface area contributed by atoms with E-state index in [-0.39, 0.29) is 47.5 Å². The number of hydrogen-bond acceptors (Lipinski definition) is 9. The fourth-order valence-electron chi connectivity index (χ4n) is 12.8. The van der Waals surface area contributed by atoms with Crippen LogP contribution in [0.15, 0.2) is 77.4 Å². The second-order valence-corrected chi connectivity index (χ2v) is 22.0. The lowest BCUT2D eigenvalue weighted by molar-refractivity contribution is -0.136. The third kappa shape index (κ3) is 9.14. The summed E-state index contributed by atoms with van der Waals surface area (Å²) in [6.07, 6.45) is 14.1. The van der Waals surface area contributed by atoms with Gasteiger partial charge in [0.25, 0.3) is 11.5 Å². The average Bonchev–Trinajstić information content (AvgIpc) is 3.80. The molecule has 4 aromatic rings. The number of benzene rings is 2. The van der Waals surface area contributed by atoms with E-state index in [0.717, 1.165) is 96.8 Å². The summed E-state index contributed by atoms with van der Waals surface area (Å²) in [5, 5.41) is 5.45. The Morgan fingerprint density at radius 3 is 2.40 bits per heavy atom. The number of carbonyl (C=O) groups is 4. The third-order valence-corrected chi connectivity index (χ3v) is 17.1. The molecule has 0 spiro atoms. The molecular weight excluding hydrogens is 908 g/mol. The molecule has 2 aromatic heterocycles. The van der Waals surface area contributed by atoms with E-state index in [1.54, 1.807) is 35.0 Å². The first kappa shape index (κ1) is 49.3. The summed E-state index contributed by atoms with van der Waals surface area (Å²) >= 11 is 0. The summed E-state index contributed by atoms with van der Waals surface area (Å²) in [5.41, 5.74) is 9.58. The summed E-state index contributed by atoms with van der Waals surface area (Å²) in [6.45, 7) is 17.3. The Labute approximate surface area is 422 Å². The van der Waals surface area contributed by atoms with Crippen molar-refractivity contribution < 1.29 is 23.6 Å². The summed E-state index contributed by atoms with van der Waals surface area (Å²) in [5.74, 6) is -0.158. The molecule has 6 aliphatic rings. The molecule has 13 nitrogen and oxygen atoms in total. The van der Waals surface area contributed by atoms with Gasteiger partial charge in [0.2, 0.25) is 17.7 Å². The molecule has 3 fully saturated rings. The lowest BCUT2D eigenvalue weighted by Gasteiger charge is -2.41. The van der Waals surface area contributed by atoms with E-state index in [2.05, 4.69) is 65.5 Å². The van der Waals surface area contributed by atoms with Gasteiger partial charge in [0.15, 0.2) is 0 Å². The number of carbonyl (C=O) groups excluding carboxylic acids is 4. The van der Waals surface area contributed by atoms with Gasteiger partial charge < -0.3 is 15.1 Å². The zero-order valence-corrected chi connectivity index (χ0v) is 42.9. The van der Waals surface area contributed by atoms with Gasteiger partial charge in [0.05, 0.1) is 16.8 Å². The number of likely N-dealkylation sites (tertiary alicyclic amines) is 2. The van der Waals surface area contributed by atoms with Gasteiger partial charge in [0.1, 0.15) is 11.9 Å². The van der Waals surface area contributed by atoms with Crippen LogP contribution in [0.4, 0.5) is 15.8 Å². The highest BCUT2D eigenvalue weighted by atomic mass is 19.1. The normalized spacial score (nSPS) is 24.1. The summed E-state index contributed by atoms with van der Waals surface area (Å²) in [7, 11) is 1.80. The van der Waals surface area contributed by atoms with E-state index >= 15 is 4.39 Å². The number of rotatable bonds is 11. The van der Waals surface area contributed by atoms with Gasteiger partial charge >= 0.3 is 0 Å². The first-order valence-electron chi connectivity index (χ1n) is 26.2. The van der Waals surface area contributed by atoms with Crippen LogP contribution in [0.1, 0.15) is 129 Å². The molecule has 7 heterocycles. The molecule has 0 saturated carbocycles. The van der Waals surface area contributed by atoms with Crippen LogP contribution in [-0.2, 0) is 26.2 Å². The minimum atomic E-state index is -0.763. The number of nitrogens with zero attached hydrogens (tertiary/aromatic N) is 6. The molecule has 1 aliphatic carbocycles. The van der Waals surface area contributed by atoms with Crippen LogP contribution in [0, 0.1) is 24.6 Å². The summed E-state index contributed by atoms with van der Waals surface area (Å²) in [6, 6.07) is 14.8. The van der Waals surface area contributed by atoms with Gasteiger partial charge in [-0.3, -0.25) is 48.6 Å². The molecule has 0 radical (unpaired) electrons. The van der Waals surface area contributed by atoms with Crippen molar-refractivity contribution in [2.75, 3.05) is 56.5 Å². The Kier molecular flexibility index (Phi) is 13.5. The van der Waals surface area contributed by atoms with E-state index in [4.69, 9.17) is 4.98 Å². The van der Waals surface area contributed by atoms with Crippen LogP contribution in [0.3, 0.4) is 0 Å². The average molecular weight is 977 g/mol. The highest BCUT2D eigenvalue weighted by Gasteiger charge is 2.49. The number of hydrogen-bond donors (Lipinski definition) is 2. The summed E-state index contributed by atoms with van der Waals surface area (Å²) < 4.78 is 17.8. The second-order valence-electron chi connectivity index (χ2n) is 22.0. The molecule has 72 heavy (non-hydrogen) atoms. The fraction of sp³-hybridized carbons (Fsp3) is 0.483. The van der Waals surface area contributed by atoms with E-state index in [9.17, 15) is 24.0 Å². The van der Waals surface area contributed by atoms with Crippen molar-refractivity contribution in [2.45, 2.75) is 122 Å². The Morgan fingerprint density at radius 2 is 1.71 bits per heavy atom. The third-order valence-electron chi connectivity index (χ3n) is 17.1. The Bertz CT molecular complexity index is 2950. The number of fused-ring (bicyclic) bond motifs is 2. The number of piperidine rings is 3. The van der Waals surface area contributed by atoms with Gasteiger partial charge in [0, 0.05) is 111 Å². The van der Waals surface area contributed by atoms with Crippen molar-refractivity contribution in [3.63, 3.8) is 0 Å². The predicted molar refractivity (Wildman–Crippen MR) is 280 cm³/mol. The fourth-order valence-corrected chi connectivity index (χ4v) is 12.8. The number of imide groups is 1. The van der Waals surface area contributed by atoms with Crippen LogP contribution < -0.4 is 21.1 Å². The predicted octanol–water partition coefficient (Wildman–Crippen LogP) is 8.02. The van der Waals surface area contributed by atoms with E-state index < -0.39 is 17.4 Å². The molecule has 3 saturated heterocycles. The summed E-state index contributed by atoms with van der Waals surface area (Å²) in [4.78, 5) is 78.6. The first-order valence-corrected chi connectivity index (χ1v) is 26.2. The van der Waals surface area contributed by atoms with Crippen LogP contribution in [-0.4, -0.2) is 112 Å². The minimum absolute atomic E-state index is 0.0830. The highest BCUT2D eigenvalue weighted by Crippen LogP contribution is 2.45. The topological polar surface area (TPSA) is 140 Å². The lowest BCUT2D eigenvalue weighted by atomic mass is 9.82. The molecule has 0 bridgehead atoms. The van der Waals surface area contributed by atoms with Crippen molar-refractivity contribution in [3.05, 3.63) is 128 Å². The second kappa shape index (κ2) is 19.6. The van der Waals surface area contributed by atoms with E-state index in [1.807, 2.05) is 49.9 Å². The number of amides is 4. The number of halogens is 1. The maximum atomic E-state index is 16.2. The maximum absolute atomic E-state index is 16.2. The van der Waals surface area contributed by atoms with Gasteiger partial charge in [-0.05, 0) is 162 Å². The molecule has 10 rings (SSSR count). The molecule has 2 N–H and O–H groups in total. The van der Waals surface area contributed by atoms with Crippen molar-refractivity contribution in [2.24, 2.45) is 11.8 Å². The largest absolute Gasteiger partial charge is 0.388 e. The van der Waals surface area contributed by atoms with Gasteiger partial charge in [-0.15, -0.1) is 0 Å². The molecule has 14 heteroatoms. The first-order chi connectivity index (χ1) is 34.5. The minimum Gasteiger partial charge on any atom is -0.388 e. The van der Waals surface area contributed by atoms with Crippen molar-refractivity contribution in [1.29, 1.82) is 0 Å².